The van der Waals surface area contributed by atoms with Crippen LogP contribution in [0.25, 0.3) is 11.0 Å². The zero-order chi connectivity index (χ0) is 18.8. The highest BCUT2D eigenvalue weighted by Crippen LogP contribution is 2.19. The molecule has 0 radical (unpaired) electrons. The summed E-state index contributed by atoms with van der Waals surface area (Å²) in [6, 6.07) is 8.05. The van der Waals surface area contributed by atoms with E-state index in [1.54, 1.807) is 0 Å². The number of esters is 1. The maximum absolute atomic E-state index is 12.4. The number of rotatable bonds is 5. The summed E-state index contributed by atoms with van der Waals surface area (Å²) in [6.07, 6.45) is 0. The van der Waals surface area contributed by atoms with Gasteiger partial charge in [0.1, 0.15) is 0 Å². The molecule has 0 fully saturated rings. The van der Waals surface area contributed by atoms with Crippen LogP contribution in [0.1, 0.15) is 37.6 Å². The number of halogens is 1. The second kappa shape index (κ2) is 8.22. The van der Waals surface area contributed by atoms with E-state index in [0.29, 0.717) is 0 Å². The van der Waals surface area contributed by atoms with Crippen LogP contribution in [0, 0.1) is 0 Å². The lowest BCUT2D eigenvalue weighted by molar-refractivity contribution is -0.678. The lowest BCUT2D eigenvalue weighted by Crippen LogP contribution is -2.37. The number of fused-ring (bicyclic) bond motifs is 1. The Hall–Kier alpha value is -2.87. The van der Waals surface area contributed by atoms with Crippen molar-refractivity contribution in [3.05, 3.63) is 40.9 Å². The first-order valence-corrected chi connectivity index (χ1v) is 8.61. The molecule has 0 saturated carbocycles. The van der Waals surface area contributed by atoms with Gasteiger partial charge >= 0.3 is 5.97 Å². The van der Waals surface area contributed by atoms with Crippen LogP contribution in [0.15, 0.2) is 24.3 Å². The van der Waals surface area contributed by atoms with E-state index in [0.717, 1.165) is 29.9 Å². The van der Waals surface area contributed by atoms with Gasteiger partial charge in [-0.3, -0.25) is 0 Å². The van der Waals surface area contributed by atoms with Gasteiger partial charge in [0.15, 0.2) is 40.1 Å². The number of hydrogen-bond donors (Lipinski definition) is 2. The maximum Gasteiger partial charge on any atom is 0.361 e. The molecule has 4 N–H and O–H groups in total. The van der Waals surface area contributed by atoms with Crippen molar-refractivity contribution in [2.45, 2.75) is 41.0 Å². The lowest BCUT2D eigenvalue weighted by atomic mass is 10.3. The summed E-state index contributed by atoms with van der Waals surface area (Å²) in [6.45, 7) is 5.65. The van der Waals surface area contributed by atoms with Crippen molar-refractivity contribution in [1.29, 1.82) is 0 Å². The van der Waals surface area contributed by atoms with Gasteiger partial charge in [0.2, 0.25) is 0 Å². The number of hydrogen-bond acceptors (Lipinski definition) is 6. The molecular formula is C18H24ClN6O2+. The fourth-order valence-corrected chi connectivity index (χ4v) is 3.12. The quantitative estimate of drug-likeness (QED) is 0.510. The molecular weight excluding hydrogens is 368 g/mol. The largest absolute Gasteiger partial charge is 0.448 e. The number of nitrogens with two attached hydrogens (primary N) is 2. The van der Waals surface area contributed by atoms with Gasteiger partial charge < -0.3 is 16.2 Å². The Morgan fingerprint density at radius 3 is 2.59 bits per heavy atom. The molecule has 0 unspecified atom stereocenters. The summed E-state index contributed by atoms with van der Waals surface area (Å²) in [5.74, 6) is 0.0250. The van der Waals surface area contributed by atoms with Crippen LogP contribution in [0.5, 0.6) is 0 Å². The van der Waals surface area contributed by atoms with Crippen LogP contribution < -0.4 is 16.0 Å². The average Bonchev–Trinajstić information content (AvgIpc) is 2.95. The number of anilines is 2. The molecule has 0 saturated heterocycles. The molecule has 0 bridgehead atoms. The van der Waals surface area contributed by atoms with Crippen molar-refractivity contribution in [3.8, 4) is 0 Å². The highest BCUT2D eigenvalue weighted by Gasteiger charge is 2.25. The van der Waals surface area contributed by atoms with Crippen molar-refractivity contribution >= 4 is 40.2 Å². The van der Waals surface area contributed by atoms with Crippen molar-refractivity contribution in [3.63, 3.8) is 0 Å². The first-order valence-electron chi connectivity index (χ1n) is 8.23. The summed E-state index contributed by atoms with van der Waals surface area (Å²) >= 11 is 5.83. The van der Waals surface area contributed by atoms with Crippen molar-refractivity contribution in [2.75, 3.05) is 11.5 Å². The fraction of sp³-hybridized carbons (Fsp3) is 0.333. The minimum atomic E-state index is -0.701. The standard InChI is InChI=1S/C17H19ClN6O2.CH4/c1-3-23-10-7-5-6-8-11(10)24(4-2)12(23)9-26-17(25)13-15(19)22-16(20)14(18)21-13;/h5-8H,3-4,9H2,1-2H3,(H3-,19,20,22,25);1H4/p+1. The third-order valence-corrected chi connectivity index (χ3v) is 4.43. The summed E-state index contributed by atoms with van der Waals surface area (Å²) in [5.41, 5.74) is 13.3. The van der Waals surface area contributed by atoms with Gasteiger partial charge in [0.05, 0.1) is 13.1 Å². The average molecular weight is 392 g/mol. The van der Waals surface area contributed by atoms with Crippen LogP contribution >= 0.6 is 11.6 Å². The number of nitrogens with zero attached hydrogens (tertiary/aromatic N) is 4. The maximum atomic E-state index is 12.4. The summed E-state index contributed by atoms with van der Waals surface area (Å²) in [5, 5.41) is -0.0857. The Balaban J connectivity index is 0.00000261. The number of ether oxygens (including phenoxy) is 1. The molecule has 0 atom stereocenters. The molecule has 8 nitrogen and oxygen atoms in total. The van der Waals surface area contributed by atoms with Crippen LogP contribution in [0.3, 0.4) is 0 Å². The topological polar surface area (TPSA) is 113 Å². The Labute approximate surface area is 162 Å². The second-order valence-corrected chi connectivity index (χ2v) is 5.96. The summed E-state index contributed by atoms with van der Waals surface area (Å²) < 4.78 is 9.66. The molecule has 0 amide bonds. The SMILES string of the molecule is C.CCn1c(COC(=O)c2nc(Cl)c(N)nc2N)[n+](CC)c2ccccc21. The molecule has 0 spiro atoms. The Kier molecular flexibility index (Phi) is 6.22. The van der Waals surface area contributed by atoms with Gasteiger partial charge in [-0.1, -0.05) is 31.2 Å². The second-order valence-electron chi connectivity index (χ2n) is 5.60. The number of para-hydroxylation sites is 2. The molecule has 1 aromatic carbocycles. The number of carbonyl (C=O) groups is 1. The normalized spacial score (nSPS) is 10.6. The molecule has 27 heavy (non-hydrogen) atoms. The summed E-state index contributed by atoms with van der Waals surface area (Å²) in [4.78, 5) is 20.1. The molecule has 0 aliphatic carbocycles. The zero-order valence-corrected chi connectivity index (χ0v) is 15.3. The molecule has 0 aliphatic rings. The molecule has 144 valence electrons. The van der Waals surface area contributed by atoms with Gasteiger partial charge in [-0.25, -0.2) is 23.9 Å². The predicted octanol–water partition coefficient (Wildman–Crippen LogP) is 2.57. The predicted molar refractivity (Wildman–Crippen MR) is 105 cm³/mol. The van der Waals surface area contributed by atoms with Gasteiger partial charge in [-0.2, -0.15) is 0 Å². The molecule has 0 aliphatic heterocycles. The number of benzene rings is 1. The molecule has 2 heterocycles. The van der Waals surface area contributed by atoms with Crippen LogP contribution in [0.4, 0.5) is 11.6 Å². The van der Waals surface area contributed by atoms with E-state index in [-0.39, 0.29) is 36.5 Å². The van der Waals surface area contributed by atoms with Crippen LogP contribution in [0.2, 0.25) is 5.15 Å². The molecule has 3 aromatic rings. The number of aromatic nitrogens is 4. The van der Waals surface area contributed by atoms with Crippen LogP contribution in [-0.4, -0.2) is 20.5 Å². The Morgan fingerprint density at radius 2 is 1.93 bits per heavy atom. The number of nitrogen functional groups attached to an aromatic ring is 2. The van der Waals surface area contributed by atoms with E-state index in [9.17, 15) is 4.79 Å². The number of aryl methyl sites for hydroxylation is 2. The molecule has 9 heteroatoms. The van der Waals surface area contributed by atoms with Crippen molar-refractivity contribution in [1.82, 2.24) is 14.5 Å². The Bertz CT molecular complexity index is 945. The number of carbonyl (C=O) groups excluding carboxylic acids is 1. The van der Waals surface area contributed by atoms with E-state index in [2.05, 4.69) is 19.1 Å². The minimum absolute atomic E-state index is 0. The van der Waals surface area contributed by atoms with E-state index in [1.165, 1.54) is 0 Å². The highest BCUT2D eigenvalue weighted by molar-refractivity contribution is 6.31. The Morgan fingerprint density at radius 1 is 1.22 bits per heavy atom. The van der Waals surface area contributed by atoms with Gasteiger partial charge in [-0.05, 0) is 26.0 Å². The minimum Gasteiger partial charge on any atom is -0.448 e. The summed E-state index contributed by atoms with van der Waals surface area (Å²) in [7, 11) is 0. The molecule has 2 aromatic heterocycles. The van der Waals surface area contributed by atoms with Crippen molar-refractivity contribution in [2.24, 2.45) is 0 Å². The van der Waals surface area contributed by atoms with E-state index >= 15 is 0 Å². The smallest absolute Gasteiger partial charge is 0.361 e. The van der Waals surface area contributed by atoms with E-state index in [4.69, 9.17) is 27.8 Å². The first kappa shape index (κ1) is 20.4. The highest BCUT2D eigenvalue weighted by atomic mass is 35.5. The van der Waals surface area contributed by atoms with Crippen molar-refractivity contribution < 1.29 is 14.1 Å². The molecule has 3 rings (SSSR count). The van der Waals surface area contributed by atoms with E-state index in [1.807, 2.05) is 38.1 Å². The fourth-order valence-electron chi connectivity index (χ4n) is 3.00. The third-order valence-electron chi connectivity index (χ3n) is 4.15. The zero-order valence-electron chi connectivity index (χ0n) is 14.6. The van der Waals surface area contributed by atoms with E-state index < -0.39 is 5.97 Å². The van der Waals surface area contributed by atoms with Gasteiger partial charge in [0.25, 0.3) is 5.82 Å². The lowest BCUT2D eigenvalue weighted by Gasteiger charge is -2.07. The monoisotopic (exact) mass is 391 g/mol. The van der Waals surface area contributed by atoms with Crippen LogP contribution in [-0.2, 0) is 24.4 Å². The third kappa shape index (κ3) is 3.66. The first-order chi connectivity index (χ1) is 12.5. The number of imidazole rings is 1. The van der Waals surface area contributed by atoms with Gasteiger partial charge in [-0.15, -0.1) is 0 Å². The van der Waals surface area contributed by atoms with Gasteiger partial charge in [0, 0.05) is 0 Å².